The van der Waals surface area contributed by atoms with E-state index >= 15 is 0 Å². The fourth-order valence-corrected chi connectivity index (χ4v) is 5.96. The highest BCUT2D eigenvalue weighted by molar-refractivity contribution is 6.04. The van der Waals surface area contributed by atoms with Gasteiger partial charge in [0.05, 0.1) is 0 Å². The molecule has 0 heterocycles. The molecule has 0 amide bonds. The molecule has 0 aliphatic rings. The predicted octanol–water partition coefficient (Wildman–Crippen LogP) is 13.1. The van der Waals surface area contributed by atoms with E-state index in [1.807, 2.05) is 36.4 Å². The van der Waals surface area contributed by atoms with Gasteiger partial charge in [0.15, 0.2) is 5.78 Å². The van der Waals surface area contributed by atoms with Crippen molar-refractivity contribution in [3.63, 3.8) is 0 Å². The van der Waals surface area contributed by atoms with E-state index in [2.05, 4.69) is 135 Å². The molecule has 0 fully saturated rings. The van der Waals surface area contributed by atoms with Gasteiger partial charge in [0, 0.05) is 37.6 Å². The lowest BCUT2D eigenvalue weighted by molar-refractivity contribution is -0.110. The number of hydrogen-bond donors (Lipinski definition) is 0. The van der Waals surface area contributed by atoms with Crippen molar-refractivity contribution in [1.82, 2.24) is 0 Å². The van der Waals surface area contributed by atoms with Crippen LogP contribution in [0.25, 0.3) is 36.5 Å². The van der Waals surface area contributed by atoms with Crippen LogP contribution in [-0.4, -0.2) is 32.0 Å². The Morgan fingerprint density at radius 2 is 0.615 bits per heavy atom. The summed E-state index contributed by atoms with van der Waals surface area (Å²) in [7, 11) is 0. The number of anilines is 2. The van der Waals surface area contributed by atoms with Gasteiger partial charge < -0.3 is 9.80 Å². The van der Waals surface area contributed by atoms with Crippen LogP contribution >= 0.6 is 0 Å². The van der Waals surface area contributed by atoms with Gasteiger partial charge in [-0.2, -0.15) is 0 Å². The number of unbranched alkanes of at least 4 members (excludes halogenated alkanes) is 4. The summed E-state index contributed by atoms with van der Waals surface area (Å²) in [6, 6.07) is 34.3. The van der Waals surface area contributed by atoms with Crippen LogP contribution < -0.4 is 9.80 Å². The molecular formula is C49H60N2O. The van der Waals surface area contributed by atoms with Crippen molar-refractivity contribution in [2.24, 2.45) is 0 Å². The van der Waals surface area contributed by atoms with Gasteiger partial charge in [-0.25, -0.2) is 0 Å². The van der Waals surface area contributed by atoms with Crippen LogP contribution in [0.5, 0.6) is 0 Å². The molecule has 0 saturated heterocycles. The smallest absolute Gasteiger partial charge is 0.178 e. The van der Waals surface area contributed by atoms with Crippen molar-refractivity contribution >= 4 is 53.6 Å². The Kier molecular flexibility index (Phi) is 17.5. The second kappa shape index (κ2) is 22.8. The number of allylic oxidation sites excluding steroid dienone is 2. The molecule has 0 saturated carbocycles. The minimum absolute atomic E-state index is 0.0363. The summed E-state index contributed by atoms with van der Waals surface area (Å²) in [4.78, 5) is 17.6. The average Bonchev–Trinajstić information content (AvgIpc) is 3.19. The van der Waals surface area contributed by atoms with Crippen molar-refractivity contribution in [2.45, 2.75) is 79.1 Å². The van der Waals surface area contributed by atoms with E-state index in [0.717, 1.165) is 48.4 Å². The summed E-state index contributed by atoms with van der Waals surface area (Å²) in [6.45, 7) is 13.5. The van der Waals surface area contributed by atoms with Gasteiger partial charge >= 0.3 is 0 Å². The molecule has 0 aliphatic heterocycles. The van der Waals surface area contributed by atoms with Gasteiger partial charge in [-0.05, 0) is 95.5 Å². The maximum Gasteiger partial charge on any atom is 0.178 e. The van der Waals surface area contributed by atoms with E-state index in [1.54, 1.807) is 12.2 Å². The normalized spacial score (nSPS) is 11.8. The molecule has 4 aromatic rings. The molecule has 0 unspecified atom stereocenters. The van der Waals surface area contributed by atoms with E-state index in [0.29, 0.717) is 0 Å². The molecule has 0 spiro atoms. The Hall–Kier alpha value is -4.89. The molecule has 272 valence electrons. The molecule has 0 N–H and O–H groups in total. The van der Waals surface area contributed by atoms with Crippen LogP contribution in [0.15, 0.2) is 109 Å². The molecule has 0 radical (unpaired) electrons. The molecule has 3 heteroatoms. The van der Waals surface area contributed by atoms with Crippen LogP contribution in [0.1, 0.15) is 112 Å². The van der Waals surface area contributed by atoms with Gasteiger partial charge in [-0.15, -0.1) is 0 Å². The summed E-state index contributed by atoms with van der Waals surface area (Å²) in [5, 5.41) is 0. The first-order valence-electron chi connectivity index (χ1n) is 19.7. The zero-order valence-corrected chi connectivity index (χ0v) is 32.1. The van der Waals surface area contributed by atoms with E-state index in [9.17, 15) is 4.79 Å². The highest BCUT2D eigenvalue weighted by Crippen LogP contribution is 2.21. The topological polar surface area (TPSA) is 23.6 Å². The molecule has 0 atom stereocenters. The van der Waals surface area contributed by atoms with E-state index in [-0.39, 0.29) is 5.78 Å². The average molecular weight is 693 g/mol. The number of carbonyl (C=O) groups is 1. The maximum absolute atomic E-state index is 12.6. The lowest BCUT2D eigenvalue weighted by Gasteiger charge is -2.24. The third-order valence-electron chi connectivity index (χ3n) is 9.33. The van der Waals surface area contributed by atoms with Crippen molar-refractivity contribution < 1.29 is 4.79 Å². The van der Waals surface area contributed by atoms with Crippen LogP contribution in [0.2, 0.25) is 0 Å². The number of rotatable bonds is 22. The number of hydrogen-bond acceptors (Lipinski definition) is 3. The molecule has 0 bridgehead atoms. The predicted molar refractivity (Wildman–Crippen MR) is 231 cm³/mol. The minimum Gasteiger partial charge on any atom is -0.372 e. The third kappa shape index (κ3) is 14.0. The first kappa shape index (κ1) is 39.9. The molecule has 0 aliphatic carbocycles. The lowest BCUT2D eigenvalue weighted by Crippen LogP contribution is -2.25. The van der Waals surface area contributed by atoms with Crippen LogP contribution in [0.4, 0.5) is 11.4 Å². The monoisotopic (exact) mass is 692 g/mol. The lowest BCUT2D eigenvalue weighted by atomic mass is 10.1. The quantitative estimate of drug-likeness (QED) is 0.0605. The zero-order valence-electron chi connectivity index (χ0n) is 32.1. The zero-order chi connectivity index (χ0) is 36.8. The highest BCUT2D eigenvalue weighted by Gasteiger charge is 2.06. The van der Waals surface area contributed by atoms with E-state index in [4.69, 9.17) is 0 Å². The summed E-state index contributed by atoms with van der Waals surface area (Å²) in [5.41, 5.74) is 9.25. The van der Waals surface area contributed by atoms with Gasteiger partial charge in [0.2, 0.25) is 0 Å². The summed E-state index contributed by atoms with van der Waals surface area (Å²) in [5.74, 6) is -0.0363. The number of nitrogens with zero attached hydrogens (tertiary/aromatic N) is 2. The summed E-state index contributed by atoms with van der Waals surface area (Å²) >= 11 is 0. The van der Waals surface area contributed by atoms with Crippen molar-refractivity contribution in [1.29, 1.82) is 0 Å². The molecule has 4 rings (SSSR count). The van der Waals surface area contributed by atoms with Crippen LogP contribution in [0.3, 0.4) is 0 Å². The first-order chi connectivity index (χ1) is 25.5. The Bertz CT molecular complexity index is 1560. The third-order valence-corrected chi connectivity index (χ3v) is 9.33. The minimum atomic E-state index is -0.0363. The highest BCUT2D eigenvalue weighted by atomic mass is 16.1. The van der Waals surface area contributed by atoms with Gasteiger partial charge in [-0.1, -0.05) is 163 Å². The largest absolute Gasteiger partial charge is 0.372 e. The Morgan fingerprint density at radius 3 is 0.865 bits per heavy atom. The number of carbonyl (C=O) groups excluding carboxylic acids is 1. The molecule has 0 aromatic heterocycles. The number of ketones is 1. The molecular weight excluding hydrogens is 633 g/mol. The fraction of sp³-hybridized carbons (Fsp3) is 0.327. The van der Waals surface area contributed by atoms with Crippen molar-refractivity contribution in [3.05, 3.63) is 143 Å². The van der Waals surface area contributed by atoms with Gasteiger partial charge in [0.25, 0.3) is 0 Å². The molecule has 3 nitrogen and oxygen atoms in total. The van der Waals surface area contributed by atoms with E-state index in [1.165, 1.54) is 73.9 Å². The first-order valence-corrected chi connectivity index (χ1v) is 19.7. The molecule has 4 aromatic carbocycles. The van der Waals surface area contributed by atoms with E-state index < -0.39 is 0 Å². The summed E-state index contributed by atoms with van der Waals surface area (Å²) in [6.07, 6.45) is 25.3. The Balaban J connectivity index is 1.25. The standard InChI is InChI=1S/C49H60N2O/c1-5-9-37-50(38-10-6-2)47-31-25-45(26-32-47)23-17-41-13-19-43(20-14-41)29-35-49(52)36-30-44-21-15-42(16-22-44)18-24-46-27-33-48(34-28-46)51(39-11-7-3)40-12-8-4/h13-36H,5-12,37-40H2,1-4H3/b23-17+,24-18+,35-29+,36-30+. The fourth-order valence-electron chi connectivity index (χ4n) is 5.96. The van der Waals surface area contributed by atoms with Crippen molar-refractivity contribution in [2.75, 3.05) is 36.0 Å². The van der Waals surface area contributed by atoms with Gasteiger partial charge in [-0.3, -0.25) is 4.79 Å². The Morgan fingerprint density at radius 1 is 0.385 bits per heavy atom. The SMILES string of the molecule is CCCCN(CCCC)c1ccc(/C=C/c2ccc(/C=C/C(=O)/C=C/c3ccc(/C=C/c4ccc(N(CCCC)CCCC)cc4)cc3)cc2)cc1. The number of benzene rings is 4. The van der Waals surface area contributed by atoms with Crippen molar-refractivity contribution in [3.8, 4) is 0 Å². The van der Waals surface area contributed by atoms with Gasteiger partial charge in [0.1, 0.15) is 0 Å². The molecule has 52 heavy (non-hydrogen) atoms. The van der Waals surface area contributed by atoms with Crippen LogP contribution in [0, 0.1) is 0 Å². The van der Waals surface area contributed by atoms with Crippen LogP contribution in [-0.2, 0) is 4.79 Å². The second-order valence-electron chi connectivity index (χ2n) is 13.6. The Labute approximate surface area is 315 Å². The summed E-state index contributed by atoms with van der Waals surface area (Å²) < 4.78 is 0. The maximum atomic E-state index is 12.6. The second-order valence-corrected chi connectivity index (χ2v) is 13.6.